The number of rotatable bonds is 1. The zero-order valence-corrected chi connectivity index (χ0v) is 8.25. The van der Waals surface area contributed by atoms with E-state index >= 15 is 0 Å². The summed E-state index contributed by atoms with van der Waals surface area (Å²) in [5.74, 6) is -0.239. The number of hydrogen-bond acceptors (Lipinski definition) is 4. The molecule has 0 saturated carbocycles. The van der Waals surface area contributed by atoms with Gasteiger partial charge in [-0.25, -0.2) is 9.78 Å². The zero-order valence-electron chi connectivity index (χ0n) is 6.67. The van der Waals surface area contributed by atoms with Crippen LogP contribution in [0.25, 0.3) is 0 Å². The summed E-state index contributed by atoms with van der Waals surface area (Å²) in [6.45, 7) is 0. The van der Waals surface area contributed by atoms with Crippen LogP contribution in [-0.2, 0) is 11.8 Å². The second-order valence-electron chi connectivity index (χ2n) is 2.16. The van der Waals surface area contributed by atoms with Crippen molar-refractivity contribution in [3.8, 4) is 0 Å². The molecule has 0 aliphatic heterocycles. The van der Waals surface area contributed by atoms with Gasteiger partial charge in [-0.05, 0) is 15.9 Å². The average Bonchev–Trinajstić information content (AvgIpc) is 2.32. The van der Waals surface area contributed by atoms with Crippen LogP contribution in [0.4, 0.5) is 5.95 Å². The molecule has 12 heavy (non-hydrogen) atoms. The highest BCUT2D eigenvalue weighted by molar-refractivity contribution is 9.10. The third-order valence-corrected chi connectivity index (χ3v) is 2.35. The number of imidazole rings is 1. The van der Waals surface area contributed by atoms with Crippen molar-refractivity contribution in [1.29, 1.82) is 0 Å². The Kier molecular flexibility index (Phi) is 2.37. The van der Waals surface area contributed by atoms with Crippen molar-refractivity contribution >= 4 is 27.8 Å². The van der Waals surface area contributed by atoms with E-state index in [1.54, 1.807) is 11.6 Å². The Balaban J connectivity index is 3.17. The number of halogens is 1. The van der Waals surface area contributed by atoms with Gasteiger partial charge in [-0.3, -0.25) is 0 Å². The molecule has 1 rings (SSSR count). The number of methoxy groups -OCH3 is 1. The van der Waals surface area contributed by atoms with Gasteiger partial charge in [0, 0.05) is 7.05 Å². The van der Waals surface area contributed by atoms with E-state index < -0.39 is 5.97 Å². The van der Waals surface area contributed by atoms with Gasteiger partial charge < -0.3 is 15.0 Å². The highest BCUT2D eigenvalue weighted by atomic mass is 79.9. The lowest BCUT2D eigenvalue weighted by Crippen LogP contribution is -2.02. The molecule has 0 spiro atoms. The van der Waals surface area contributed by atoms with Gasteiger partial charge in [0.25, 0.3) is 0 Å². The number of ether oxygens (including phenoxy) is 1. The van der Waals surface area contributed by atoms with E-state index in [0.717, 1.165) is 0 Å². The molecule has 66 valence electrons. The Morgan fingerprint density at radius 3 is 2.67 bits per heavy atom. The van der Waals surface area contributed by atoms with Gasteiger partial charge >= 0.3 is 5.97 Å². The smallest absolute Gasteiger partial charge is 0.359 e. The average molecular weight is 234 g/mol. The Morgan fingerprint density at radius 1 is 1.75 bits per heavy atom. The first-order valence-corrected chi connectivity index (χ1v) is 3.93. The fourth-order valence-corrected chi connectivity index (χ4v) is 1.15. The van der Waals surface area contributed by atoms with Crippen molar-refractivity contribution < 1.29 is 9.53 Å². The maximum Gasteiger partial charge on any atom is 0.359 e. The van der Waals surface area contributed by atoms with Gasteiger partial charge in [-0.1, -0.05) is 0 Å². The van der Waals surface area contributed by atoms with Crippen LogP contribution in [0.2, 0.25) is 0 Å². The van der Waals surface area contributed by atoms with Crippen molar-refractivity contribution in [3.63, 3.8) is 0 Å². The predicted molar refractivity (Wildman–Crippen MR) is 46.7 cm³/mol. The fraction of sp³-hybridized carbons (Fsp3) is 0.333. The van der Waals surface area contributed by atoms with Crippen LogP contribution in [0.15, 0.2) is 4.60 Å². The minimum atomic E-state index is -0.505. The van der Waals surface area contributed by atoms with Crippen molar-refractivity contribution in [2.75, 3.05) is 12.8 Å². The maximum atomic E-state index is 11.0. The van der Waals surface area contributed by atoms with Crippen molar-refractivity contribution in [3.05, 3.63) is 10.3 Å². The molecule has 0 aliphatic carbocycles. The largest absolute Gasteiger partial charge is 0.464 e. The Bertz CT molecular complexity index is 321. The lowest BCUT2D eigenvalue weighted by atomic mass is 10.5. The number of aromatic nitrogens is 2. The summed E-state index contributed by atoms with van der Waals surface area (Å²) in [5, 5.41) is 0. The third kappa shape index (κ3) is 1.29. The van der Waals surface area contributed by atoms with Gasteiger partial charge in [-0.15, -0.1) is 0 Å². The monoisotopic (exact) mass is 233 g/mol. The molecule has 1 aromatic rings. The molecule has 0 aromatic carbocycles. The summed E-state index contributed by atoms with van der Waals surface area (Å²) in [7, 11) is 2.98. The quantitative estimate of drug-likeness (QED) is 0.720. The van der Waals surface area contributed by atoms with Crippen LogP contribution in [0.1, 0.15) is 10.5 Å². The lowest BCUT2D eigenvalue weighted by molar-refractivity contribution is 0.0593. The molecule has 5 nitrogen and oxygen atoms in total. The molecule has 6 heteroatoms. The number of esters is 1. The molecule has 1 aromatic heterocycles. The molecular formula is C6H8BrN3O2. The van der Waals surface area contributed by atoms with Crippen molar-refractivity contribution in [2.24, 2.45) is 7.05 Å². The van der Waals surface area contributed by atoms with Gasteiger partial charge in [0.05, 0.1) is 7.11 Å². The molecule has 0 bridgehead atoms. The summed E-state index contributed by atoms with van der Waals surface area (Å²) < 4.78 is 6.55. The maximum absolute atomic E-state index is 11.0. The number of hydrogen-bond donors (Lipinski definition) is 1. The highest BCUT2D eigenvalue weighted by Crippen LogP contribution is 2.18. The number of carbonyl (C=O) groups is 1. The standard InChI is InChI=1S/C6H8BrN3O2/c1-10-4(7)3(5(11)12-2)9-6(10)8/h1-2H3,(H2,8,9). The molecular weight excluding hydrogens is 226 g/mol. The Labute approximate surface area is 77.6 Å². The summed E-state index contributed by atoms with van der Waals surface area (Å²) in [5.41, 5.74) is 5.64. The number of nitrogens with two attached hydrogens (primary N) is 1. The summed E-state index contributed by atoms with van der Waals surface area (Å²) in [4.78, 5) is 14.8. The molecule has 0 unspecified atom stereocenters. The molecule has 0 saturated heterocycles. The van der Waals surface area contributed by atoms with E-state index in [2.05, 4.69) is 25.7 Å². The molecule has 2 N–H and O–H groups in total. The van der Waals surface area contributed by atoms with Crippen molar-refractivity contribution in [1.82, 2.24) is 9.55 Å². The lowest BCUT2D eigenvalue weighted by Gasteiger charge is -1.95. The first-order valence-electron chi connectivity index (χ1n) is 3.14. The molecule has 0 atom stereocenters. The Hall–Kier alpha value is -1.04. The van der Waals surface area contributed by atoms with Crippen LogP contribution >= 0.6 is 15.9 Å². The molecule has 0 radical (unpaired) electrons. The van der Waals surface area contributed by atoms with Crippen LogP contribution in [0.5, 0.6) is 0 Å². The summed E-state index contributed by atoms with van der Waals surface area (Å²) in [6, 6.07) is 0. The summed E-state index contributed by atoms with van der Waals surface area (Å²) >= 11 is 3.16. The summed E-state index contributed by atoms with van der Waals surface area (Å²) in [6.07, 6.45) is 0. The van der Waals surface area contributed by atoms with E-state index in [0.29, 0.717) is 4.60 Å². The molecule has 0 fully saturated rings. The Morgan fingerprint density at radius 2 is 2.33 bits per heavy atom. The second kappa shape index (κ2) is 3.14. The first-order chi connectivity index (χ1) is 5.57. The predicted octanol–water partition coefficient (Wildman–Crippen LogP) is 0.551. The fourth-order valence-electron chi connectivity index (χ4n) is 0.722. The highest BCUT2D eigenvalue weighted by Gasteiger charge is 2.17. The SMILES string of the molecule is COC(=O)c1nc(N)n(C)c1Br. The zero-order chi connectivity index (χ0) is 9.30. The van der Waals surface area contributed by atoms with E-state index in [1.165, 1.54) is 7.11 Å². The van der Waals surface area contributed by atoms with E-state index in [-0.39, 0.29) is 11.6 Å². The van der Waals surface area contributed by atoms with Crippen LogP contribution in [0.3, 0.4) is 0 Å². The first kappa shape index (κ1) is 9.05. The van der Waals surface area contributed by atoms with Gasteiger partial charge in [0.2, 0.25) is 5.95 Å². The normalized spacial score (nSPS) is 9.92. The van der Waals surface area contributed by atoms with E-state index in [1.807, 2.05) is 0 Å². The van der Waals surface area contributed by atoms with Gasteiger partial charge in [0.1, 0.15) is 4.60 Å². The van der Waals surface area contributed by atoms with E-state index in [4.69, 9.17) is 5.73 Å². The molecule has 0 amide bonds. The third-order valence-electron chi connectivity index (χ3n) is 1.44. The van der Waals surface area contributed by atoms with E-state index in [9.17, 15) is 4.79 Å². The van der Waals surface area contributed by atoms with Crippen LogP contribution in [0, 0.1) is 0 Å². The molecule has 0 aliphatic rings. The molecule has 1 heterocycles. The van der Waals surface area contributed by atoms with Gasteiger partial charge in [-0.2, -0.15) is 0 Å². The van der Waals surface area contributed by atoms with Gasteiger partial charge in [0.15, 0.2) is 5.69 Å². The topological polar surface area (TPSA) is 70.1 Å². The van der Waals surface area contributed by atoms with Crippen LogP contribution < -0.4 is 5.73 Å². The minimum Gasteiger partial charge on any atom is -0.464 e. The number of carbonyl (C=O) groups excluding carboxylic acids is 1. The van der Waals surface area contributed by atoms with Crippen LogP contribution in [-0.4, -0.2) is 22.6 Å². The number of nitrogen functional groups attached to an aromatic ring is 1. The minimum absolute atomic E-state index is 0.192. The number of nitrogens with zero attached hydrogens (tertiary/aromatic N) is 2. The second-order valence-corrected chi connectivity index (χ2v) is 2.91. The number of anilines is 1. The van der Waals surface area contributed by atoms with Crippen molar-refractivity contribution in [2.45, 2.75) is 0 Å².